The van der Waals surface area contributed by atoms with E-state index in [0.29, 0.717) is 5.65 Å². The van der Waals surface area contributed by atoms with Crippen molar-refractivity contribution >= 4 is 55.3 Å². The minimum atomic E-state index is -3.87. The fraction of sp³-hybridized carbons (Fsp3) is 0.278. The second-order valence-corrected chi connectivity index (χ2v) is 16.5. The topological polar surface area (TPSA) is 362 Å². The number of anilines is 2. The number of aromatic amines is 2. The van der Waals surface area contributed by atoms with Crippen molar-refractivity contribution in [2.75, 3.05) is 44.4 Å². The third-order valence-electron chi connectivity index (χ3n) is 8.22. The molecule has 0 saturated heterocycles. The Kier molecular flexibility index (Phi) is 17.1. The third kappa shape index (κ3) is 14.1. The summed E-state index contributed by atoms with van der Waals surface area (Å²) in [6.07, 6.45) is 2.01. The first-order valence-electron chi connectivity index (χ1n) is 18.6. The van der Waals surface area contributed by atoms with Crippen molar-refractivity contribution in [2.45, 2.75) is 32.9 Å². The summed E-state index contributed by atoms with van der Waals surface area (Å²) in [5, 5.41) is 10.8. The Bertz CT molecular complexity index is 2780. The van der Waals surface area contributed by atoms with E-state index in [-0.39, 0.29) is 80.5 Å². The van der Waals surface area contributed by atoms with Crippen molar-refractivity contribution in [1.29, 1.82) is 0 Å². The van der Waals surface area contributed by atoms with E-state index in [1.165, 1.54) is 31.8 Å². The summed E-state index contributed by atoms with van der Waals surface area (Å²) in [5.41, 5.74) is 17.2. The second kappa shape index (κ2) is 22.6. The second-order valence-electron chi connectivity index (χ2n) is 12.7. The van der Waals surface area contributed by atoms with Crippen LogP contribution in [0.25, 0.3) is 22.3 Å². The molecule has 2 aromatic carbocycles. The van der Waals surface area contributed by atoms with Crippen LogP contribution in [0, 0.1) is 10.1 Å². The molecule has 0 aliphatic rings. The Labute approximate surface area is 356 Å². The van der Waals surface area contributed by atoms with Gasteiger partial charge < -0.3 is 54.2 Å². The highest BCUT2D eigenvalue weighted by Crippen LogP contribution is 2.50. The van der Waals surface area contributed by atoms with Gasteiger partial charge in [0.2, 0.25) is 11.9 Å². The number of ether oxygens (including phenoxy) is 2. The molecule has 63 heavy (non-hydrogen) atoms. The molecule has 0 amide bonds. The van der Waals surface area contributed by atoms with Gasteiger partial charge >= 0.3 is 21.1 Å². The molecule has 0 radical (unpaired) electrons. The Hall–Kier alpha value is -6.40. The van der Waals surface area contributed by atoms with Gasteiger partial charge in [0.25, 0.3) is 11.1 Å². The molecular weight excluding hydrogens is 870 g/mol. The first-order valence-corrected chi connectivity index (χ1v) is 22.1. The Morgan fingerprint density at radius 1 is 0.730 bits per heavy atom. The molecule has 25 nitrogen and oxygen atoms in total. The van der Waals surface area contributed by atoms with Crippen LogP contribution in [-0.2, 0) is 65.1 Å². The van der Waals surface area contributed by atoms with E-state index in [1.807, 2.05) is 36.4 Å². The highest BCUT2D eigenvalue weighted by atomic mass is 31.2. The van der Waals surface area contributed by atoms with Crippen molar-refractivity contribution in [3.63, 3.8) is 0 Å². The lowest BCUT2D eigenvalue weighted by molar-refractivity contribution is -0.402. The van der Waals surface area contributed by atoms with Gasteiger partial charge in [-0.25, -0.2) is 9.97 Å². The van der Waals surface area contributed by atoms with Crippen molar-refractivity contribution in [1.82, 2.24) is 39.0 Å². The maximum absolute atomic E-state index is 13.3. The summed E-state index contributed by atoms with van der Waals surface area (Å²) in [5.74, 6) is -0.408. The maximum Gasteiger partial charge on any atom is 0.433 e. The smallest absolute Gasteiger partial charge is 0.403 e. The molecule has 9 N–H and O–H groups in total. The molecule has 27 heteroatoms. The van der Waals surface area contributed by atoms with Gasteiger partial charge in [-0.3, -0.25) is 43.3 Å². The van der Waals surface area contributed by atoms with Gasteiger partial charge in [0.05, 0.1) is 45.1 Å². The van der Waals surface area contributed by atoms with Crippen LogP contribution in [0.15, 0.2) is 99.5 Å². The van der Waals surface area contributed by atoms with E-state index in [1.54, 1.807) is 33.4 Å². The number of furan rings is 1. The zero-order chi connectivity index (χ0) is 45.4. The lowest BCUT2D eigenvalue weighted by Gasteiger charge is -2.18. The van der Waals surface area contributed by atoms with Crippen LogP contribution >= 0.6 is 15.2 Å². The van der Waals surface area contributed by atoms with Crippen LogP contribution in [0.3, 0.4) is 0 Å². The summed E-state index contributed by atoms with van der Waals surface area (Å²) >= 11 is 0. The van der Waals surface area contributed by atoms with Crippen LogP contribution in [0.5, 0.6) is 0 Å². The number of imidazole rings is 2. The molecule has 0 saturated carbocycles. The van der Waals surface area contributed by atoms with Crippen molar-refractivity contribution in [3.8, 4) is 0 Å². The van der Waals surface area contributed by atoms with Crippen molar-refractivity contribution < 1.29 is 46.4 Å². The molecule has 2 unspecified atom stereocenters. The summed E-state index contributed by atoms with van der Waals surface area (Å²) in [6, 6.07) is 20.7. The molecular formula is C36H44N12O13P2. The van der Waals surface area contributed by atoms with E-state index in [2.05, 4.69) is 35.6 Å². The van der Waals surface area contributed by atoms with Gasteiger partial charge in [0, 0.05) is 13.1 Å². The van der Waals surface area contributed by atoms with Crippen molar-refractivity contribution in [2.24, 2.45) is 5.73 Å². The Balaban J connectivity index is 0.000000238. The molecule has 2 atom stereocenters. The number of benzene rings is 2. The van der Waals surface area contributed by atoms with E-state index < -0.39 is 49.8 Å². The molecule has 5 heterocycles. The minimum absolute atomic E-state index is 0.00207. The maximum atomic E-state index is 13.3. The zero-order valence-electron chi connectivity index (χ0n) is 33.6. The number of nitrogens with one attached hydrogen (secondary N) is 2. The number of nitrogens with zero attached hydrogens (tertiary/aromatic N) is 7. The number of nitrogens with two attached hydrogens (primary N) is 3. The van der Waals surface area contributed by atoms with Gasteiger partial charge in [0.1, 0.15) is 30.0 Å². The number of rotatable bonds is 20. The fourth-order valence-electron chi connectivity index (χ4n) is 5.30. The first-order chi connectivity index (χ1) is 30.3. The summed E-state index contributed by atoms with van der Waals surface area (Å²) in [6.45, 7) is 0.392. The molecule has 0 bridgehead atoms. The first kappa shape index (κ1) is 47.6. The normalized spacial score (nSPS) is 13.1. The van der Waals surface area contributed by atoms with Crippen molar-refractivity contribution in [3.05, 3.63) is 133 Å². The van der Waals surface area contributed by atoms with Gasteiger partial charge in [0.15, 0.2) is 22.3 Å². The fourth-order valence-corrected chi connectivity index (χ4v) is 7.33. The average molecular weight is 915 g/mol. The highest BCUT2D eigenvalue weighted by Gasteiger charge is 2.27. The van der Waals surface area contributed by atoms with Crippen LogP contribution in [0.2, 0.25) is 0 Å². The Morgan fingerprint density at radius 2 is 1.21 bits per heavy atom. The number of H-pyrrole nitrogens is 2. The van der Waals surface area contributed by atoms with Crippen LogP contribution < -0.4 is 28.3 Å². The quantitative estimate of drug-likeness (QED) is 0.0276. The predicted octanol–water partition coefficient (Wildman–Crippen LogP) is 3.46. The standard InChI is InChI=1S/C20H21N6O8P.C15H18N5O5P.CH5N/c21-20-23-18-17(19(27)24-20)22-12-25(18)8-9-31-13-35(30,32-10-14-4-2-1-3-5-14)33-11-15-6-7-16(34-15)26(28)29;16-15-18-13-12(14(21)19-15)17-9-20(13)6-7-24-10-26(22,23)25-8-11-4-2-1-3-5-11;1-2/h1-7,12H,8-11,13H2,(H3,21,23,24,27);1-5,9H,6-8,10H2,(H,22,23)(H3,16,18,19,21);2H2,1H3. The van der Waals surface area contributed by atoms with Gasteiger partial charge in [-0.05, 0) is 24.2 Å². The number of aromatic nitrogens is 8. The molecule has 0 aliphatic heterocycles. The summed E-state index contributed by atoms with van der Waals surface area (Å²) in [4.78, 5) is 64.3. The van der Waals surface area contributed by atoms with E-state index in [4.69, 9.17) is 38.9 Å². The van der Waals surface area contributed by atoms with Gasteiger partial charge in [-0.2, -0.15) is 9.97 Å². The van der Waals surface area contributed by atoms with E-state index in [9.17, 15) is 33.7 Å². The molecule has 0 spiro atoms. The zero-order valence-corrected chi connectivity index (χ0v) is 35.3. The predicted molar refractivity (Wildman–Crippen MR) is 227 cm³/mol. The largest absolute Gasteiger partial charge is 0.433 e. The number of hydrogen-bond acceptors (Lipinski definition) is 19. The molecule has 5 aromatic heterocycles. The lowest BCUT2D eigenvalue weighted by atomic mass is 10.2. The minimum Gasteiger partial charge on any atom is -0.403 e. The highest BCUT2D eigenvalue weighted by molar-refractivity contribution is 7.53. The van der Waals surface area contributed by atoms with Crippen LogP contribution in [-0.4, -0.2) is 81.8 Å². The number of nitrogen functional groups attached to an aromatic ring is 2. The summed E-state index contributed by atoms with van der Waals surface area (Å²) in [7, 11) is -6.17. The summed E-state index contributed by atoms with van der Waals surface area (Å²) < 4.78 is 60.4. The van der Waals surface area contributed by atoms with Gasteiger partial charge in [-0.15, -0.1) is 0 Å². The van der Waals surface area contributed by atoms with Crippen LogP contribution in [0.4, 0.5) is 17.8 Å². The molecule has 7 rings (SSSR count). The molecule has 0 aliphatic carbocycles. The third-order valence-corrected chi connectivity index (χ3v) is 10.8. The molecule has 336 valence electrons. The SMILES string of the molecule is CN.Nc1nc2c(ncn2CCOCP(=O)(O)OCc2ccccc2)c(=O)[nH]1.Nc1nc2c(ncn2CCOCP(=O)(OCc2ccccc2)OCc2ccc([N+](=O)[O-])o2)c(=O)[nH]1. The molecule has 7 aromatic rings. The number of fused-ring (bicyclic) bond motifs is 2. The van der Waals surface area contributed by atoms with Gasteiger partial charge in [-0.1, -0.05) is 60.7 Å². The number of hydrogen-bond donors (Lipinski definition) is 6. The molecule has 0 fully saturated rings. The Morgan fingerprint density at radius 3 is 1.70 bits per heavy atom. The number of nitro groups is 1. The average Bonchev–Trinajstić information content (AvgIpc) is 4.03. The van der Waals surface area contributed by atoms with E-state index in [0.717, 1.165) is 11.1 Å². The van der Waals surface area contributed by atoms with Crippen LogP contribution in [0.1, 0.15) is 16.9 Å². The monoisotopic (exact) mass is 914 g/mol. The van der Waals surface area contributed by atoms with E-state index >= 15 is 0 Å². The lowest BCUT2D eigenvalue weighted by Crippen LogP contribution is -2.13.